The molecule has 4 rings (SSSR count). The van der Waals surface area contributed by atoms with Gasteiger partial charge in [0.05, 0.1) is 21.3 Å². The molecule has 0 fully saturated rings. The highest BCUT2D eigenvalue weighted by Crippen LogP contribution is 2.31. The maximum atomic E-state index is 13.2. The monoisotopic (exact) mass is 478 g/mol. The Balaban J connectivity index is 0.00000272. The SMILES string of the molecule is CN(C)CCN(C(=O)CN1C(=O)c2ccccc2C1=O)c1nc2ccc(Cl)cc2s1.Cl. The highest BCUT2D eigenvalue weighted by Gasteiger charge is 2.37. The fourth-order valence-electron chi connectivity index (χ4n) is 3.23. The minimum Gasteiger partial charge on any atom is -0.308 e. The smallest absolute Gasteiger partial charge is 0.262 e. The summed E-state index contributed by atoms with van der Waals surface area (Å²) >= 11 is 7.42. The Kier molecular flexibility index (Phi) is 6.96. The number of halogens is 2. The second kappa shape index (κ2) is 9.32. The molecule has 0 radical (unpaired) electrons. The lowest BCUT2D eigenvalue weighted by atomic mass is 10.1. The van der Waals surface area contributed by atoms with Gasteiger partial charge in [-0.05, 0) is 44.4 Å². The molecule has 0 saturated heterocycles. The fraction of sp³-hybridized carbons (Fsp3) is 0.238. The second-order valence-corrected chi connectivity index (χ2v) is 8.64. The van der Waals surface area contributed by atoms with Crippen LogP contribution in [0.3, 0.4) is 0 Å². The molecule has 1 aliphatic heterocycles. The molecule has 0 saturated carbocycles. The van der Waals surface area contributed by atoms with E-state index in [2.05, 4.69) is 4.98 Å². The van der Waals surface area contributed by atoms with E-state index in [1.165, 1.54) is 16.2 Å². The molecule has 10 heteroatoms. The van der Waals surface area contributed by atoms with Crippen molar-refractivity contribution in [3.05, 3.63) is 58.6 Å². The molecule has 2 aromatic carbocycles. The Morgan fingerprint density at radius 2 is 1.71 bits per heavy atom. The third kappa shape index (κ3) is 4.57. The zero-order chi connectivity index (χ0) is 21.4. The van der Waals surface area contributed by atoms with E-state index in [-0.39, 0.29) is 24.9 Å². The third-order valence-corrected chi connectivity index (χ3v) is 6.09. The first-order valence-electron chi connectivity index (χ1n) is 9.31. The molecule has 7 nitrogen and oxygen atoms in total. The first-order valence-corrected chi connectivity index (χ1v) is 10.5. The molecular formula is C21H20Cl2N4O3S. The average Bonchev–Trinajstić information content (AvgIpc) is 3.22. The van der Waals surface area contributed by atoms with Gasteiger partial charge >= 0.3 is 0 Å². The van der Waals surface area contributed by atoms with E-state index in [4.69, 9.17) is 11.6 Å². The van der Waals surface area contributed by atoms with Crippen LogP contribution < -0.4 is 4.90 Å². The summed E-state index contributed by atoms with van der Waals surface area (Å²) in [6, 6.07) is 11.9. The maximum Gasteiger partial charge on any atom is 0.262 e. The number of amides is 3. The van der Waals surface area contributed by atoms with Crippen LogP contribution in [0.15, 0.2) is 42.5 Å². The molecule has 0 N–H and O–H groups in total. The summed E-state index contributed by atoms with van der Waals surface area (Å²) in [7, 11) is 3.82. The maximum absolute atomic E-state index is 13.2. The average molecular weight is 479 g/mol. The van der Waals surface area contributed by atoms with Crippen LogP contribution in [-0.2, 0) is 4.79 Å². The van der Waals surface area contributed by atoms with Crippen LogP contribution in [0.25, 0.3) is 10.2 Å². The Bertz CT molecular complexity index is 1130. The number of imide groups is 1. The zero-order valence-corrected chi connectivity index (χ0v) is 19.3. The molecule has 0 spiro atoms. The van der Waals surface area contributed by atoms with E-state index >= 15 is 0 Å². The molecule has 162 valence electrons. The lowest BCUT2D eigenvalue weighted by Crippen LogP contribution is -2.45. The molecule has 2 heterocycles. The van der Waals surface area contributed by atoms with Crippen molar-refractivity contribution in [3.63, 3.8) is 0 Å². The van der Waals surface area contributed by atoms with E-state index in [0.717, 1.165) is 15.1 Å². The van der Waals surface area contributed by atoms with Crippen LogP contribution in [0.2, 0.25) is 5.02 Å². The second-order valence-electron chi connectivity index (χ2n) is 7.20. The molecule has 3 amide bonds. The van der Waals surface area contributed by atoms with E-state index in [0.29, 0.717) is 34.4 Å². The third-order valence-electron chi connectivity index (χ3n) is 4.81. The minimum atomic E-state index is -0.451. The lowest BCUT2D eigenvalue weighted by molar-refractivity contribution is -0.119. The number of thiazole rings is 1. The van der Waals surface area contributed by atoms with Gasteiger partial charge in [-0.25, -0.2) is 4.98 Å². The number of aromatic nitrogens is 1. The number of hydrogen-bond acceptors (Lipinski definition) is 6. The Morgan fingerprint density at radius 3 is 2.32 bits per heavy atom. The van der Waals surface area contributed by atoms with Crippen molar-refractivity contribution in [2.24, 2.45) is 0 Å². The molecule has 0 bridgehead atoms. The number of hydrogen-bond donors (Lipinski definition) is 0. The van der Waals surface area contributed by atoms with Crippen molar-refractivity contribution in [3.8, 4) is 0 Å². The number of fused-ring (bicyclic) bond motifs is 2. The van der Waals surface area contributed by atoms with E-state index in [9.17, 15) is 14.4 Å². The standard InChI is InChI=1S/C21H19ClN4O3S.ClH/c1-24(2)9-10-25(21-23-16-8-7-13(22)11-17(16)30-21)18(27)12-26-19(28)14-5-3-4-6-15(14)20(26)29;/h3-8,11H,9-10,12H2,1-2H3;1H. The van der Waals surface area contributed by atoms with Crippen LogP contribution in [0.5, 0.6) is 0 Å². The van der Waals surface area contributed by atoms with Crippen molar-refractivity contribution in [2.75, 3.05) is 38.6 Å². The molecule has 0 aliphatic carbocycles. The van der Waals surface area contributed by atoms with Crippen LogP contribution in [0, 0.1) is 0 Å². The van der Waals surface area contributed by atoms with Gasteiger partial charge < -0.3 is 4.90 Å². The van der Waals surface area contributed by atoms with Gasteiger partial charge in [-0.2, -0.15) is 0 Å². The number of nitrogens with zero attached hydrogens (tertiary/aromatic N) is 4. The predicted molar refractivity (Wildman–Crippen MR) is 125 cm³/mol. The summed E-state index contributed by atoms with van der Waals surface area (Å²) in [6.07, 6.45) is 0. The normalized spacial score (nSPS) is 13.0. The van der Waals surface area contributed by atoms with Gasteiger partial charge in [0.1, 0.15) is 6.54 Å². The summed E-state index contributed by atoms with van der Waals surface area (Å²) in [5, 5.41) is 1.10. The van der Waals surface area contributed by atoms with Crippen LogP contribution in [0.1, 0.15) is 20.7 Å². The predicted octanol–water partition coefficient (Wildman–Crippen LogP) is 3.56. The van der Waals surface area contributed by atoms with Gasteiger partial charge in [0.25, 0.3) is 11.8 Å². The summed E-state index contributed by atoms with van der Waals surface area (Å²) < 4.78 is 0.862. The first kappa shape index (κ1) is 23.1. The first-order chi connectivity index (χ1) is 14.3. The van der Waals surface area contributed by atoms with Gasteiger partial charge in [0.15, 0.2) is 5.13 Å². The Morgan fingerprint density at radius 1 is 1.06 bits per heavy atom. The summed E-state index contributed by atoms with van der Waals surface area (Å²) in [6.45, 7) is 0.642. The van der Waals surface area contributed by atoms with Crippen molar-refractivity contribution >= 4 is 68.4 Å². The fourth-order valence-corrected chi connectivity index (χ4v) is 4.52. The van der Waals surface area contributed by atoms with E-state index in [1.807, 2.05) is 19.0 Å². The zero-order valence-electron chi connectivity index (χ0n) is 16.9. The number of benzene rings is 2. The van der Waals surface area contributed by atoms with E-state index in [1.54, 1.807) is 42.5 Å². The molecule has 3 aromatic rings. The molecule has 31 heavy (non-hydrogen) atoms. The molecule has 1 aliphatic rings. The Labute approximate surface area is 194 Å². The van der Waals surface area contributed by atoms with Crippen LogP contribution >= 0.6 is 35.3 Å². The molecule has 0 unspecified atom stereocenters. The Hall–Kier alpha value is -2.52. The highest BCUT2D eigenvalue weighted by molar-refractivity contribution is 7.22. The molecular weight excluding hydrogens is 459 g/mol. The number of likely N-dealkylation sites (N-methyl/N-ethyl adjacent to an activating group) is 1. The topological polar surface area (TPSA) is 73.8 Å². The van der Waals surface area contributed by atoms with Gasteiger partial charge in [-0.15, -0.1) is 12.4 Å². The summed E-state index contributed by atoms with van der Waals surface area (Å²) in [5.74, 6) is -1.27. The quantitative estimate of drug-likeness (QED) is 0.506. The van der Waals surface area contributed by atoms with Crippen molar-refractivity contribution in [2.45, 2.75) is 0 Å². The number of rotatable bonds is 6. The largest absolute Gasteiger partial charge is 0.308 e. The van der Waals surface area contributed by atoms with Crippen LogP contribution in [-0.4, -0.2) is 66.2 Å². The van der Waals surface area contributed by atoms with Gasteiger partial charge in [0.2, 0.25) is 5.91 Å². The number of anilines is 1. The van der Waals surface area contributed by atoms with Gasteiger partial charge in [-0.3, -0.25) is 24.2 Å². The lowest BCUT2D eigenvalue weighted by Gasteiger charge is -2.24. The van der Waals surface area contributed by atoms with Crippen molar-refractivity contribution in [1.29, 1.82) is 0 Å². The minimum absolute atomic E-state index is 0. The number of carbonyl (C=O) groups excluding carboxylic acids is 3. The van der Waals surface area contributed by atoms with Gasteiger partial charge in [-0.1, -0.05) is 35.1 Å². The van der Waals surface area contributed by atoms with Crippen LogP contribution in [0.4, 0.5) is 5.13 Å². The van der Waals surface area contributed by atoms with Gasteiger partial charge in [0, 0.05) is 18.1 Å². The van der Waals surface area contributed by atoms with E-state index < -0.39 is 11.8 Å². The summed E-state index contributed by atoms with van der Waals surface area (Å²) in [4.78, 5) is 47.5. The molecule has 0 atom stereocenters. The molecule has 1 aromatic heterocycles. The number of carbonyl (C=O) groups is 3. The van der Waals surface area contributed by atoms with Crippen molar-refractivity contribution < 1.29 is 14.4 Å². The summed E-state index contributed by atoms with van der Waals surface area (Å²) in [5.41, 5.74) is 1.39. The highest BCUT2D eigenvalue weighted by atomic mass is 35.5. The van der Waals surface area contributed by atoms with Crippen molar-refractivity contribution in [1.82, 2.24) is 14.8 Å².